The van der Waals surface area contributed by atoms with Gasteiger partial charge in [-0.2, -0.15) is 11.8 Å². The Morgan fingerprint density at radius 2 is 2.11 bits per heavy atom. The van der Waals surface area contributed by atoms with Crippen LogP contribution in [0.1, 0.15) is 16.8 Å². The molecule has 5 heteroatoms. The summed E-state index contributed by atoms with van der Waals surface area (Å²) in [4.78, 5) is 9.05. The predicted octanol–water partition coefficient (Wildman–Crippen LogP) is 2.79. The number of fused-ring (bicyclic) bond motifs is 1. The summed E-state index contributed by atoms with van der Waals surface area (Å²) < 4.78 is 5.26. The van der Waals surface area contributed by atoms with E-state index in [9.17, 15) is 0 Å². The van der Waals surface area contributed by atoms with Crippen LogP contribution >= 0.6 is 11.8 Å². The number of hydrogen-bond acceptors (Lipinski definition) is 5. The minimum atomic E-state index is 0.610. The summed E-state index contributed by atoms with van der Waals surface area (Å²) in [5.41, 5.74) is 10.2. The second kappa shape index (κ2) is 4.74. The first-order valence-corrected chi connectivity index (χ1v) is 7.22. The van der Waals surface area contributed by atoms with Gasteiger partial charge >= 0.3 is 0 Å². The largest absolute Gasteiger partial charge is 0.496 e. The molecule has 0 radical (unpaired) electrons. The van der Waals surface area contributed by atoms with Gasteiger partial charge in [-0.15, -0.1) is 0 Å². The van der Waals surface area contributed by atoms with Crippen LogP contribution in [0.5, 0.6) is 5.75 Å². The van der Waals surface area contributed by atoms with Crippen molar-refractivity contribution in [3.05, 3.63) is 35.0 Å². The third-order valence-electron chi connectivity index (χ3n) is 3.26. The quantitative estimate of drug-likeness (QED) is 0.911. The van der Waals surface area contributed by atoms with Crippen LogP contribution in [0.3, 0.4) is 0 Å². The monoisotopic (exact) mass is 273 g/mol. The Labute approximate surface area is 116 Å². The molecule has 1 aromatic heterocycles. The number of thioether (sulfide) groups is 1. The van der Waals surface area contributed by atoms with Gasteiger partial charge in [0.25, 0.3) is 0 Å². The summed E-state index contributed by atoms with van der Waals surface area (Å²) in [7, 11) is 1.67. The van der Waals surface area contributed by atoms with E-state index in [1.807, 2.05) is 36.9 Å². The molecular formula is C14H15N3OS. The maximum absolute atomic E-state index is 6.02. The van der Waals surface area contributed by atoms with Crippen LogP contribution in [-0.2, 0) is 11.5 Å². The van der Waals surface area contributed by atoms with Crippen molar-refractivity contribution in [2.75, 3.05) is 12.8 Å². The van der Waals surface area contributed by atoms with E-state index >= 15 is 0 Å². The van der Waals surface area contributed by atoms with Crippen molar-refractivity contribution < 1.29 is 4.74 Å². The lowest BCUT2D eigenvalue weighted by Crippen LogP contribution is -2.03. The van der Waals surface area contributed by atoms with Crippen LogP contribution in [0.4, 0.5) is 5.82 Å². The van der Waals surface area contributed by atoms with Crippen LogP contribution in [0.2, 0.25) is 0 Å². The second-order valence-electron chi connectivity index (χ2n) is 4.53. The van der Waals surface area contributed by atoms with Gasteiger partial charge in [0.1, 0.15) is 11.6 Å². The fourth-order valence-electron chi connectivity index (χ4n) is 2.22. The van der Waals surface area contributed by atoms with E-state index in [1.165, 1.54) is 0 Å². The number of ether oxygens (including phenoxy) is 1. The zero-order valence-corrected chi connectivity index (χ0v) is 11.8. The molecule has 0 aliphatic carbocycles. The molecule has 98 valence electrons. The maximum Gasteiger partial charge on any atom is 0.161 e. The van der Waals surface area contributed by atoms with Crippen molar-refractivity contribution in [2.24, 2.45) is 0 Å². The van der Waals surface area contributed by atoms with E-state index in [2.05, 4.69) is 9.97 Å². The van der Waals surface area contributed by atoms with Gasteiger partial charge in [-0.25, -0.2) is 9.97 Å². The molecule has 1 aromatic carbocycles. The summed E-state index contributed by atoms with van der Waals surface area (Å²) in [6.07, 6.45) is 0. The smallest absolute Gasteiger partial charge is 0.161 e. The first kappa shape index (κ1) is 12.3. The minimum Gasteiger partial charge on any atom is -0.496 e. The van der Waals surface area contributed by atoms with Crippen molar-refractivity contribution >= 4 is 17.6 Å². The van der Waals surface area contributed by atoms with Crippen LogP contribution < -0.4 is 10.5 Å². The molecule has 0 fully saturated rings. The number of aryl methyl sites for hydroxylation is 1. The molecule has 4 nitrogen and oxygen atoms in total. The highest BCUT2D eigenvalue weighted by Crippen LogP contribution is 2.33. The Morgan fingerprint density at radius 3 is 2.84 bits per heavy atom. The van der Waals surface area contributed by atoms with Crippen LogP contribution in [0.25, 0.3) is 11.4 Å². The Morgan fingerprint density at radius 1 is 1.26 bits per heavy atom. The first-order valence-electron chi connectivity index (χ1n) is 6.07. The van der Waals surface area contributed by atoms with E-state index in [0.29, 0.717) is 11.6 Å². The van der Waals surface area contributed by atoms with Gasteiger partial charge in [-0.1, -0.05) is 0 Å². The van der Waals surface area contributed by atoms with Crippen molar-refractivity contribution in [1.29, 1.82) is 0 Å². The molecule has 1 aliphatic rings. The zero-order chi connectivity index (χ0) is 13.4. The van der Waals surface area contributed by atoms with Crippen LogP contribution in [-0.4, -0.2) is 17.1 Å². The van der Waals surface area contributed by atoms with E-state index in [-0.39, 0.29) is 0 Å². The van der Waals surface area contributed by atoms with Gasteiger partial charge in [0.05, 0.1) is 12.8 Å². The third kappa shape index (κ3) is 2.14. The van der Waals surface area contributed by atoms with Crippen LogP contribution in [0.15, 0.2) is 18.2 Å². The van der Waals surface area contributed by atoms with Gasteiger partial charge in [0, 0.05) is 22.6 Å². The normalized spacial score (nSPS) is 13.4. The number of aromatic nitrogens is 2. The average Bonchev–Trinajstić information content (AvgIpc) is 2.87. The van der Waals surface area contributed by atoms with Crippen molar-refractivity contribution in [3.8, 4) is 17.1 Å². The summed E-state index contributed by atoms with van der Waals surface area (Å²) in [5, 5.41) is 0. The van der Waals surface area contributed by atoms with Gasteiger partial charge in [-0.05, 0) is 30.7 Å². The summed E-state index contributed by atoms with van der Waals surface area (Å²) in [5.74, 6) is 4.02. The average molecular weight is 273 g/mol. The number of nitrogen functional groups attached to an aromatic ring is 1. The molecule has 0 saturated heterocycles. The number of rotatable bonds is 2. The number of nitrogens with zero attached hydrogens (tertiary/aromatic N) is 2. The number of nitrogens with two attached hydrogens (primary N) is 1. The number of anilines is 1. The SMILES string of the molecule is COc1ccc(-c2nc(N)c3c(n2)CSC3)cc1C. The minimum absolute atomic E-state index is 0.610. The highest BCUT2D eigenvalue weighted by molar-refractivity contribution is 7.98. The lowest BCUT2D eigenvalue weighted by Gasteiger charge is -2.09. The molecule has 0 spiro atoms. The Balaban J connectivity index is 2.07. The molecule has 3 rings (SSSR count). The van der Waals surface area contributed by atoms with Gasteiger partial charge in [0.15, 0.2) is 5.82 Å². The fraction of sp³-hybridized carbons (Fsp3) is 0.286. The van der Waals surface area contributed by atoms with Crippen molar-refractivity contribution in [3.63, 3.8) is 0 Å². The highest BCUT2D eigenvalue weighted by Gasteiger charge is 2.18. The number of hydrogen-bond donors (Lipinski definition) is 1. The Kier molecular flexibility index (Phi) is 3.06. The van der Waals surface area contributed by atoms with E-state index < -0.39 is 0 Å². The molecule has 0 amide bonds. The second-order valence-corrected chi connectivity index (χ2v) is 5.52. The summed E-state index contributed by atoms with van der Waals surface area (Å²) >= 11 is 1.83. The molecule has 0 atom stereocenters. The van der Waals surface area contributed by atoms with Crippen LogP contribution in [0, 0.1) is 6.92 Å². The van der Waals surface area contributed by atoms with E-state index in [0.717, 1.165) is 39.6 Å². The molecule has 0 saturated carbocycles. The Hall–Kier alpha value is -1.75. The molecule has 19 heavy (non-hydrogen) atoms. The first-order chi connectivity index (χ1) is 9.19. The molecule has 2 N–H and O–H groups in total. The van der Waals surface area contributed by atoms with E-state index in [1.54, 1.807) is 7.11 Å². The van der Waals surface area contributed by atoms with Crippen molar-refractivity contribution in [1.82, 2.24) is 9.97 Å². The Bertz CT molecular complexity index is 643. The van der Waals surface area contributed by atoms with Crippen molar-refractivity contribution in [2.45, 2.75) is 18.4 Å². The highest BCUT2D eigenvalue weighted by atomic mass is 32.2. The van der Waals surface area contributed by atoms with Gasteiger partial charge < -0.3 is 10.5 Å². The molecule has 0 bridgehead atoms. The van der Waals surface area contributed by atoms with Gasteiger partial charge in [0.2, 0.25) is 0 Å². The topological polar surface area (TPSA) is 61.0 Å². The summed E-state index contributed by atoms with van der Waals surface area (Å²) in [6.45, 7) is 2.01. The molecule has 2 heterocycles. The van der Waals surface area contributed by atoms with E-state index in [4.69, 9.17) is 10.5 Å². The predicted molar refractivity (Wildman–Crippen MR) is 78.2 cm³/mol. The molecular weight excluding hydrogens is 258 g/mol. The molecule has 2 aromatic rings. The number of methoxy groups -OCH3 is 1. The van der Waals surface area contributed by atoms with Gasteiger partial charge in [-0.3, -0.25) is 0 Å². The third-order valence-corrected chi connectivity index (χ3v) is 4.23. The number of benzene rings is 1. The maximum atomic E-state index is 6.02. The molecule has 1 aliphatic heterocycles. The molecule has 0 unspecified atom stereocenters. The lowest BCUT2D eigenvalue weighted by atomic mass is 10.1. The fourth-order valence-corrected chi connectivity index (χ4v) is 3.28. The standard InChI is InChI=1S/C14H15N3OS/c1-8-5-9(3-4-12(8)18-2)14-16-11-7-19-6-10(11)13(15)17-14/h3-5H,6-7H2,1-2H3,(H2,15,16,17). The zero-order valence-electron chi connectivity index (χ0n) is 10.9. The lowest BCUT2D eigenvalue weighted by molar-refractivity contribution is 0.412. The summed E-state index contributed by atoms with van der Waals surface area (Å²) in [6, 6.07) is 5.93.